The average molecular weight is 670 g/mol. The van der Waals surface area contributed by atoms with Crippen LogP contribution in [0.15, 0.2) is 0 Å². The molecule has 1 rings (SSSR count). The van der Waals surface area contributed by atoms with Crippen LogP contribution in [-0.2, 0) is 33.5 Å². The number of rotatable bonds is 22. The Morgan fingerprint density at radius 3 is 1.94 bits per heavy atom. The van der Waals surface area contributed by atoms with Crippen molar-refractivity contribution in [2.45, 2.75) is 115 Å². The third-order valence-electron chi connectivity index (χ3n) is 7.55. The molecule has 0 heterocycles. The van der Waals surface area contributed by atoms with Crippen molar-refractivity contribution in [1.29, 1.82) is 5.41 Å². The summed E-state index contributed by atoms with van der Waals surface area (Å²) in [5.41, 5.74) is 16.1. The van der Waals surface area contributed by atoms with E-state index in [1.807, 2.05) is 0 Å². The summed E-state index contributed by atoms with van der Waals surface area (Å²) in [6.45, 7) is 2.20. The van der Waals surface area contributed by atoms with Crippen LogP contribution in [0.1, 0.15) is 90.4 Å². The summed E-state index contributed by atoms with van der Waals surface area (Å²) >= 11 is 0. The number of primary amides is 2. The van der Waals surface area contributed by atoms with Gasteiger partial charge in [0.15, 0.2) is 5.96 Å². The lowest BCUT2D eigenvalue weighted by molar-refractivity contribution is -0.138. The molecule has 0 aromatic heterocycles. The van der Waals surface area contributed by atoms with Crippen molar-refractivity contribution in [1.82, 2.24) is 26.6 Å². The van der Waals surface area contributed by atoms with Gasteiger partial charge in [-0.1, -0.05) is 39.0 Å². The van der Waals surface area contributed by atoms with Gasteiger partial charge in [-0.15, -0.1) is 0 Å². The number of carboxylic acids is 1. The van der Waals surface area contributed by atoms with Crippen LogP contribution in [-0.4, -0.2) is 90.0 Å². The first-order valence-corrected chi connectivity index (χ1v) is 15.9. The molecule has 1 aliphatic rings. The van der Waals surface area contributed by atoms with Gasteiger partial charge in [-0.3, -0.25) is 34.2 Å². The summed E-state index contributed by atoms with van der Waals surface area (Å²) in [7, 11) is 0. The monoisotopic (exact) mass is 669 g/mol. The van der Waals surface area contributed by atoms with Crippen LogP contribution < -0.4 is 43.8 Å². The van der Waals surface area contributed by atoms with Crippen LogP contribution in [0.4, 0.5) is 4.79 Å². The van der Waals surface area contributed by atoms with E-state index in [-0.39, 0.29) is 31.3 Å². The third kappa shape index (κ3) is 17.6. The maximum atomic E-state index is 13.4. The molecule has 0 aliphatic heterocycles. The number of nitrogens with two attached hydrogens (primary N) is 3. The minimum absolute atomic E-state index is 0.0854. The molecule has 0 aromatic carbocycles. The number of hydrogen-bond acceptors (Lipinski definition) is 9. The number of unbranched alkanes of at least 4 members (excludes halogenated alkanes) is 1. The van der Waals surface area contributed by atoms with Crippen LogP contribution in [0.25, 0.3) is 0 Å². The van der Waals surface area contributed by atoms with Gasteiger partial charge in [0.25, 0.3) is 0 Å². The second-order valence-electron chi connectivity index (χ2n) is 11.6. The van der Waals surface area contributed by atoms with Gasteiger partial charge in [0.2, 0.25) is 29.5 Å². The van der Waals surface area contributed by atoms with E-state index in [9.17, 15) is 38.7 Å². The topological polar surface area (TPSA) is 311 Å². The zero-order valence-corrected chi connectivity index (χ0v) is 26.9. The van der Waals surface area contributed by atoms with Crippen molar-refractivity contribution in [2.24, 2.45) is 23.1 Å². The van der Waals surface area contributed by atoms with E-state index in [1.165, 1.54) is 0 Å². The Kier molecular flexibility index (Phi) is 18.9. The highest BCUT2D eigenvalue weighted by molar-refractivity contribution is 5.97. The number of guanidine groups is 1. The molecule has 1 aliphatic carbocycles. The van der Waals surface area contributed by atoms with Crippen LogP contribution in [0, 0.1) is 11.3 Å². The third-order valence-corrected chi connectivity index (χ3v) is 7.55. The quantitative estimate of drug-likeness (QED) is 0.0370. The number of amides is 6. The lowest BCUT2D eigenvalue weighted by atomic mass is 9.84. The van der Waals surface area contributed by atoms with Crippen LogP contribution in [0.3, 0.4) is 0 Å². The summed E-state index contributed by atoms with van der Waals surface area (Å²) in [5, 5.41) is 28.8. The largest absolute Gasteiger partial charge is 0.481 e. The summed E-state index contributed by atoms with van der Waals surface area (Å²) in [5.74, 6) is -5.81. The fraction of sp³-hybridized carbons (Fsp3) is 0.724. The molecule has 0 unspecified atom stereocenters. The Labute approximate surface area is 273 Å². The van der Waals surface area contributed by atoms with Gasteiger partial charge < -0.3 is 53.6 Å². The number of carboxylic acid groups (broad SMARTS) is 1. The lowest BCUT2D eigenvalue weighted by Gasteiger charge is -2.28. The lowest BCUT2D eigenvalue weighted by Crippen LogP contribution is -2.58. The molecule has 0 radical (unpaired) electrons. The molecule has 0 spiro atoms. The fourth-order valence-corrected chi connectivity index (χ4v) is 5.11. The van der Waals surface area contributed by atoms with E-state index < -0.39 is 85.0 Å². The summed E-state index contributed by atoms with van der Waals surface area (Å²) in [4.78, 5) is 87.5. The molecular formula is C29H51N9O9. The molecule has 18 heteroatoms. The standard InChI is InChI=1S/C29H51N9O9/c1-2-14-47-29(46)38-18(10-6-7-13-34-28(32)33)25(43)35-19(11-12-23(40)41)26(44)37-21(16-22(30)39)27(45)36-20(24(31)42)15-17-8-4-3-5-9-17/h17-21H,2-16H2,1H3,(H2,30,39)(H2,31,42)(H,35,43)(H,36,45)(H,37,44)(H,38,46)(H,40,41)(H4,32,33,34)/t18-,19-,20-,21-/m0/s1. The molecule has 266 valence electrons. The molecule has 0 bridgehead atoms. The predicted octanol–water partition coefficient (Wildman–Crippen LogP) is -1.21. The Bertz CT molecular complexity index is 1100. The first-order valence-electron chi connectivity index (χ1n) is 15.9. The smallest absolute Gasteiger partial charge is 0.407 e. The second kappa shape index (κ2) is 22.0. The maximum Gasteiger partial charge on any atom is 0.407 e. The minimum atomic E-state index is -1.57. The average Bonchev–Trinajstić information content (AvgIpc) is 3.00. The maximum absolute atomic E-state index is 13.4. The molecule has 1 saturated carbocycles. The number of aliphatic carboxylic acids is 1. The Hall–Kier alpha value is -4.64. The number of carbonyl (C=O) groups excluding carboxylic acids is 6. The molecule has 0 aromatic rings. The molecule has 0 saturated heterocycles. The first kappa shape index (κ1) is 40.4. The Morgan fingerprint density at radius 1 is 0.809 bits per heavy atom. The highest BCUT2D eigenvalue weighted by Gasteiger charge is 2.33. The second-order valence-corrected chi connectivity index (χ2v) is 11.6. The van der Waals surface area contributed by atoms with Crippen molar-refractivity contribution in [3.8, 4) is 0 Å². The van der Waals surface area contributed by atoms with Gasteiger partial charge >= 0.3 is 12.1 Å². The Morgan fingerprint density at radius 2 is 1.38 bits per heavy atom. The number of hydrogen-bond donors (Lipinski definition) is 10. The fourth-order valence-electron chi connectivity index (χ4n) is 5.11. The highest BCUT2D eigenvalue weighted by atomic mass is 16.5. The van der Waals surface area contributed by atoms with Gasteiger partial charge in [-0.05, 0) is 44.4 Å². The Balaban J connectivity index is 3.09. The van der Waals surface area contributed by atoms with E-state index in [0.29, 0.717) is 25.8 Å². The van der Waals surface area contributed by atoms with Gasteiger partial charge in [0.05, 0.1) is 13.0 Å². The van der Waals surface area contributed by atoms with Crippen molar-refractivity contribution in [2.75, 3.05) is 13.2 Å². The van der Waals surface area contributed by atoms with Crippen LogP contribution in [0.5, 0.6) is 0 Å². The van der Waals surface area contributed by atoms with E-state index in [4.69, 9.17) is 27.3 Å². The number of alkyl carbamates (subject to hydrolysis) is 1. The first-order chi connectivity index (χ1) is 22.2. The SMILES string of the molecule is CCCOC(=O)N[C@@H](CCCCNC(=N)N)C(=O)N[C@@H](CCC(=O)O)C(=O)N[C@@H](CC(N)=O)C(=O)N[C@@H](CC1CCCCC1)C(N)=O. The van der Waals surface area contributed by atoms with Crippen molar-refractivity contribution in [3.05, 3.63) is 0 Å². The molecule has 6 amide bonds. The molecule has 13 N–H and O–H groups in total. The highest BCUT2D eigenvalue weighted by Crippen LogP contribution is 2.27. The van der Waals surface area contributed by atoms with Gasteiger partial charge in [0.1, 0.15) is 24.2 Å². The molecule has 1 fully saturated rings. The molecule has 4 atom stereocenters. The molecule has 18 nitrogen and oxygen atoms in total. The van der Waals surface area contributed by atoms with Crippen molar-refractivity contribution < 1.29 is 43.4 Å². The van der Waals surface area contributed by atoms with E-state index in [2.05, 4.69) is 26.6 Å². The van der Waals surface area contributed by atoms with Crippen LogP contribution >= 0.6 is 0 Å². The van der Waals surface area contributed by atoms with Gasteiger partial charge in [-0.2, -0.15) is 0 Å². The van der Waals surface area contributed by atoms with Crippen LogP contribution in [0.2, 0.25) is 0 Å². The zero-order chi connectivity index (χ0) is 35.4. The number of nitrogens with one attached hydrogen (secondary N) is 6. The summed E-state index contributed by atoms with van der Waals surface area (Å²) in [6, 6.07) is -5.33. The van der Waals surface area contributed by atoms with E-state index in [1.54, 1.807) is 6.92 Å². The molecule has 47 heavy (non-hydrogen) atoms. The van der Waals surface area contributed by atoms with Gasteiger partial charge in [0, 0.05) is 13.0 Å². The van der Waals surface area contributed by atoms with Crippen molar-refractivity contribution >= 4 is 47.6 Å². The van der Waals surface area contributed by atoms with Crippen molar-refractivity contribution in [3.63, 3.8) is 0 Å². The summed E-state index contributed by atoms with van der Waals surface area (Å²) in [6.07, 6.45) is 4.04. The number of ether oxygens (including phenoxy) is 1. The minimum Gasteiger partial charge on any atom is -0.481 e. The number of carbonyl (C=O) groups is 7. The van der Waals surface area contributed by atoms with E-state index in [0.717, 1.165) is 32.1 Å². The predicted molar refractivity (Wildman–Crippen MR) is 169 cm³/mol. The van der Waals surface area contributed by atoms with Gasteiger partial charge in [-0.25, -0.2) is 4.79 Å². The summed E-state index contributed by atoms with van der Waals surface area (Å²) < 4.78 is 5.01. The normalized spacial score (nSPS) is 15.5. The molecular weight excluding hydrogens is 618 g/mol. The van der Waals surface area contributed by atoms with E-state index >= 15 is 0 Å². The zero-order valence-electron chi connectivity index (χ0n) is 26.9.